The number of amides is 1. The minimum atomic E-state index is -0.656. The van der Waals surface area contributed by atoms with Crippen LogP contribution >= 0.6 is 12.2 Å². The van der Waals surface area contributed by atoms with E-state index in [1.807, 2.05) is 13.0 Å². The van der Waals surface area contributed by atoms with Crippen molar-refractivity contribution in [1.82, 2.24) is 5.32 Å². The van der Waals surface area contributed by atoms with Crippen molar-refractivity contribution in [2.45, 2.75) is 25.5 Å². The van der Waals surface area contributed by atoms with Crippen molar-refractivity contribution in [2.75, 3.05) is 24.4 Å². The van der Waals surface area contributed by atoms with E-state index in [1.165, 1.54) is 19.2 Å². The zero-order valence-corrected chi connectivity index (χ0v) is 17.2. The van der Waals surface area contributed by atoms with Crippen molar-refractivity contribution in [1.29, 1.82) is 0 Å². The molecule has 0 atom stereocenters. The quantitative estimate of drug-likeness (QED) is 0.434. The lowest BCUT2D eigenvalue weighted by Crippen LogP contribution is -2.46. The number of ether oxygens (including phenoxy) is 1. The van der Waals surface area contributed by atoms with E-state index in [-0.39, 0.29) is 5.56 Å². The fraction of sp³-hybridized carbons (Fsp3) is 0.286. The van der Waals surface area contributed by atoms with E-state index in [0.29, 0.717) is 16.5 Å². The molecule has 1 aliphatic carbocycles. The van der Waals surface area contributed by atoms with Gasteiger partial charge in [0.15, 0.2) is 10.8 Å². The van der Waals surface area contributed by atoms with Gasteiger partial charge in [0, 0.05) is 38.4 Å². The molecule has 2 N–H and O–H groups in total. The number of benzene rings is 2. The number of carbonyl (C=O) groups is 1. The molecule has 2 aromatic carbocycles. The Hall–Kier alpha value is -3.02. The lowest BCUT2D eigenvalue weighted by molar-refractivity contribution is 0.0887. The van der Waals surface area contributed by atoms with Crippen LogP contribution in [0.4, 0.5) is 21.5 Å². The normalized spacial score (nSPS) is 13.9. The number of methoxy groups -OCH3 is 1. The highest BCUT2D eigenvalue weighted by molar-refractivity contribution is 7.80. The SMILES string of the molecule is [C-]#[N+]c1ccc(NC(=S)N(c2ccc(C(=O)NC)c(F)c2)C2(OC)CC2)cc1C. The summed E-state index contributed by atoms with van der Waals surface area (Å²) in [5.41, 5.74) is 1.91. The zero-order valence-electron chi connectivity index (χ0n) is 16.4. The second kappa shape index (κ2) is 8.15. The van der Waals surface area contributed by atoms with Gasteiger partial charge in [0.25, 0.3) is 5.91 Å². The molecule has 0 bridgehead atoms. The van der Waals surface area contributed by atoms with Crippen LogP contribution in [0.1, 0.15) is 28.8 Å². The number of hydrogen-bond donors (Lipinski definition) is 2. The molecule has 0 unspecified atom stereocenters. The van der Waals surface area contributed by atoms with Crippen molar-refractivity contribution in [3.63, 3.8) is 0 Å². The average Bonchev–Trinajstić information content (AvgIpc) is 3.48. The smallest absolute Gasteiger partial charge is 0.253 e. The molecule has 8 heteroatoms. The van der Waals surface area contributed by atoms with Gasteiger partial charge < -0.3 is 15.4 Å². The van der Waals surface area contributed by atoms with Crippen LogP contribution in [0, 0.1) is 19.3 Å². The summed E-state index contributed by atoms with van der Waals surface area (Å²) >= 11 is 5.62. The third-order valence-corrected chi connectivity index (χ3v) is 5.20. The van der Waals surface area contributed by atoms with E-state index >= 15 is 0 Å². The van der Waals surface area contributed by atoms with Gasteiger partial charge in [-0.1, -0.05) is 6.07 Å². The summed E-state index contributed by atoms with van der Waals surface area (Å²) < 4.78 is 20.2. The van der Waals surface area contributed by atoms with E-state index in [1.54, 1.807) is 30.2 Å². The first-order valence-electron chi connectivity index (χ1n) is 9.01. The first-order valence-corrected chi connectivity index (χ1v) is 9.42. The number of nitrogens with zero attached hydrogens (tertiary/aromatic N) is 2. The van der Waals surface area contributed by atoms with Gasteiger partial charge in [-0.05, 0) is 55.0 Å². The van der Waals surface area contributed by atoms with Gasteiger partial charge in [-0.25, -0.2) is 9.24 Å². The molecule has 0 radical (unpaired) electrons. The molecule has 0 aliphatic heterocycles. The summed E-state index contributed by atoms with van der Waals surface area (Å²) in [6, 6.07) is 9.68. The van der Waals surface area contributed by atoms with Crippen molar-refractivity contribution < 1.29 is 13.9 Å². The first-order chi connectivity index (χ1) is 13.8. The fourth-order valence-corrected chi connectivity index (χ4v) is 3.55. The van der Waals surface area contributed by atoms with E-state index in [2.05, 4.69) is 15.5 Å². The Morgan fingerprint density at radius 3 is 2.55 bits per heavy atom. The monoisotopic (exact) mass is 412 g/mol. The zero-order chi connectivity index (χ0) is 21.2. The van der Waals surface area contributed by atoms with Gasteiger partial charge in [0.1, 0.15) is 11.5 Å². The summed E-state index contributed by atoms with van der Waals surface area (Å²) in [6.07, 6.45) is 1.47. The van der Waals surface area contributed by atoms with Gasteiger partial charge in [0.2, 0.25) is 0 Å². The number of thiocarbonyl (C=S) groups is 1. The van der Waals surface area contributed by atoms with Crippen LogP contribution in [0.25, 0.3) is 4.85 Å². The highest BCUT2D eigenvalue weighted by Gasteiger charge is 2.51. The van der Waals surface area contributed by atoms with Crippen LogP contribution in [-0.2, 0) is 4.74 Å². The molecule has 1 amide bonds. The predicted molar refractivity (Wildman–Crippen MR) is 115 cm³/mol. The Kier molecular flexibility index (Phi) is 5.82. The van der Waals surface area contributed by atoms with Gasteiger partial charge in [-0.3, -0.25) is 9.69 Å². The van der Waals surface area contributed by atoms with Gasteiger partial charge in [-0.15, -0.1) is 0 Å². The van der Waals surface area contributed by atoms with Crippen LogP contribution in [0.2, 0.25) is 0 Å². The van der Waals surface area contributed by atoms with Crippen LogP contribution in [-0.4, -0.2) is 30.9 Å². The minimum Gasteiger partial charge on any atom is -0.358 e. The van der Waals surface area contributed by atoms with E-state index in [0.717, 1.165) is 24.1 Å². The third-order valence-electron chi connectivity index (χ3n) is 4.92. The van der Waals surface area contributed by atoms with E-state index < -0.39 is 17.4 Å². The molecule has 0 heterocycles. The van der Waals surface area contributed by atoms with E-state index in [4.69, 9.17) is 23.5 Å². The Balaban J connectivity index is 1.93. The van der Waals surface area contributed by atoms with Crippen molar-refractivity contribution >= 4 is 40.3 Å². The largest absolute Gasteiger partial charge is 0.358 e. The molecule has 1 fully saturated rings. The van der Waals surface area contributed by atoms with Crippen LogP contribution in [0.3, 0.4) is 0 Å². The number of carbonyl (C=O) groups excluding carboxylic acids is 1. The summed E-state index contributed by atoms with van der Waals surface area (Å²) in [5.74, 6) is -1.14. The van der Waals surface area contributed by atoms with Crippen molar-refractivity contribution in [2.24, 2.45) is 0 Å². The van der Waals surface area contributed by atoms with Gasteiger partial charge in [-0.2, -0.15) is 0 Å². The molecular weight excluding hydrogens is 391 g/mol. The molecule has 1 saturated carbocycles. The summed E-state index contributed by atoms with van der Waals surface area (Å²) in [7, 11) is 3.04. The average molecular weight is 412 g/mol. The van der Waals surface area contributed by atoms with E-state index in [9.17, 15) is 9.18 Å². The third kappa shape index (κ3) is 4.06. The predicted octanol–water partition coefficient (Wildman–Crippen LogP) is 4.38. The number of nitrogens with one attached hydrogen (secondary N) is 2. The summed E-state index contributed by atoms with van der Waals surface area (Å²) in [5, 5.41) is 5.91. The maximum Gasteiger partial charge on any atom is 0.253 e. The molecule has 0 aromatic heterocycles. The summed E-state index contributed by atoms with van der Waals surface area (Å²) in [4.78, 5) is 17.0. The van der Waals surface area contributed by atoms with Crippen LogP contribution < -0.4 is 15.5 Å². The number of anilines is 2. The van der Waals surface area contributed by atoms with Gasteiger partial charge in [0.05, 0.1) is 12.1 Å². The molecule has 1 aliphatic rings. The van der Waals surface area contributed by atoms with Crippen LogP contribution in [0.5, 0.6) is 0 Å². The molecule has 0 spiro atoms. The highest BCUT2D eigenvalue weighted by atomic mass is 32.1. The Bertz CT molecular complexity index is 1010. The second-order valence-electron chi connectivity index (χ2n) is 6.77. The maximum atomic E-state index is 14.6. The Morgan fingerprint density at radius 1 is 1.31 bits per heavy atom. The first kappa shape index (κ1) is 20.7. The second-order valence-corrected chi connectivity index (χ2v) is 7.16. The Morgan fingerprint density at radius 2 is 2.03 bits per heavy atom. The van der Waals surface area contributed by atoms with Crippen LogP contribution in [0.15, 0.2) is 36.4 Å². The highest BCUT2D eigenvalue weighted by Crippen LogP contribution is 2.45. The number of halogens is 1. The molecule has 6 nitrogen and oxygen atoms in total. The molecular formula is C21H21FN4O2S. The fourth-order valence-electron chi connectivity index (χ4n) is 3.16. The topological polar surface area (TPSA) is 58.0 Å². The lowest BCUT2D eigenvalue weighted by atomic mass is 10.1. The molecule has 3 rings (SSSR count). The molecule has 2 aromatic rings. The minimum absolute atomic E-state index is 0.0392. The number of aryl methyl sites for hydroxylation is 1. The van der Waals surface area contributed by atoms with Gasteiger partial charge >= 0.3 is 0 Å². The summed E-state index contributed by atoms with van der Waals surface area (Å²) in [6.45, 7) is 9.01. The molecule has 0 saturated heterocycles. The Labute approximate surface area is 174 Å². The standard InChI is InChI=1S/C21H21FN4O2S/c1-13-11-14(5-8-18(13)23-2)25-20(29)26(21(28-4)9-10-21)15-6-7-16(17(22)12-15)19(27)24-3/h5-8,11-12H,9-10H2,1,3-4H3,(H,24,27)(H,25,29). The van der Waals surface area contributed by atoms with Crippen molar-refractivity contribution in [3.05, 3.63) is 64.8 Å². The molecule has 29 heavy (non-hydrogen) atoms. The number of hydrogen-bond acceptors (Lipinski definition) is 3. The van der Waals surface area contributed by atoms with Crippen molar-refractivity contribution in [3.8, 4) is 0 Å². The lowest BCUT2D eigenvalue weighted by Gasteiger charge is -2.33. The maximum absolute atomic E-state index is 14.6. The molecule has 150 valence electrons. The number of rotatable bonds is 5.